The van der Waals surface area contributed by atoms with Crippen LogP contribution in [0.5, 0.6) is 0 Å². The number of hydrogen-bond acceptors (Lipinski definition) is 11. The van der Waals surface area contributed by atoms with Crippen molar-refractivity contribution in [2.45, 2.75) is 110 Å². The van der Waals surface area contributed by atoms with Gasteiger partial charge in [-0.2, -0.15) is 0 Å². The summed E-state index contributed by atoms with van der Waals surface area (Å²) in [5.41, 5.74) is -1.34. The molecule has 55 heavy (non-hydrogen) atoms. The lowest BCUT2D eigenvalue weighted by Crippen LogP contribution is -2.60. The maximum Gasteiger partial charge on any atom is 0.411 e. The van der Waals surface area contributed by atoms with Gasteiger partial charge in [0.2, 0.25) is 21.8 Å². The number of ether oxygens (including phenoxy) is 2. The molecule has 1 aromatic heterocycles. The van der Waals surface area contributed by atoms with Crippen molar-refractivity contribution in [2.24, 2.45) is 17.3 Å². The molecule has 0 bridgehead atoms. The van der Waals surface area contributed by atoms with Crippen LogP contribution in [0.4, 0.5) is 15.3 Å². The number of thiazole rings is 1. The number of aromatic nitrogens is 1. The van der Waals surface area contributed by atoms with Crippen LogP contribution in [0.1, 0.15) is 79.2 Å². The molecule has 1 aromatic carbocycles. The van der Waals surface area contributed by atoms with Gasteiger partial charge in [-0.3, -0.25) is 24.4 Å². The van der Waals surface area contributed by atoms with Crippen molar-refractivity contribution in [3.05, 3.63) is 48.0 Å². The fourth-order valence-corrected chi connectivity index (χ4v) is 8.97. The van der Waals surface area contributed by atoms with Crippen LogP contribution in [-0.4, -0.2) is 89.8 Å². The molecule has 5 rings (SSSR count). The minimum atomic E-state index is -3.98. The smallest absolute Gasteiger partial charge is 0.411 e. The number of aryl methyl sites for hydroxylation is 1. The minimum absolute atomic E-state index is 0.0349. The molecule has 15 nitrogen and oxygen atoms in total. The van der Waals surface area contributed by atoms with Crippen LogP contribution in [0.3, 0.4) is 0 Å². The second-order valence-electron chi connectivity index (χ2n) is 16.7. The lowest BCUT2D eigenvalue weighted by molar-refractivity contribution is -0.143. The number of anilines is 1. The Morgan fingerprint density at radius 3 is 2.38 bits per heavy atom. The molecule has 0 spiro atoms. The number of nitrogens with one attached hydrogen (secondary N) is 4. The number of rotatable bonds is 12. The quantitative estimate of drug-likeness (QED) is 0.214. The number of alkyl carbamates (subject to hydrolysis) is 1. The van der Waals surface area contributed by atoms with Crippen LogP contribution in [-0.2, 0) is 33.9 Å². The lowest BCUT2D eigenvalue weighted by atomic mass is 9.85. The number of amides is 5. The molecular weight excluding hydrogens is 749 g/mol. The SMILES string of the molecule is C=CC1C[C@]1(NC(=O)[C@@H]1C[C@@H](OC(=O)Nc2cc(C)ccc2-c2nccs2)CN1C(=O)[C@@H](NC(=O)OC(C)(C)C)C(C)(C)C)C(=O)NS(=O)(=O)CC1CCC1. The predicted octanol–water partition coefficient (Wildman–Crippen LogP) is 4.88. The first-order valence-corrected chi connectivity index (χ1v) is 20.9. The van der Waals surface area contributed by atoms with E-state index in [4.69, 9.17) is 9.47 Å². The first-order valence-electron chi connectivity index (χ1n) is 18.4. The molecule has 300 valence electrons. The summed E-state index contributed by atoms with van der Waals surface area (Å²) in [5.74, 6) is -3.09. The number of hydrogen-bond donors (Lipinski definition) is 4. The summed E-state index contributed by atoms with van der Waals surface area (Å²) in [6, 6.07) is 3.04. The first-order chi connectivity index (χ1) is 25.6. The second kappa shape index (κ2) is 15.9. The highest BCUT2D eigenvalue weighted by Gasteiger charge is 2.61. The van der Waals surface area contributed by atoms with Crippen molar-refractivity contribution in [3.63, 3.8) is 0 Å². The summed E-state index contributed by atoms with van der Waals surface area (Å²) in [4.78, 5) is 74.2. The fourth-order valence-electron chi connectivity index (χ4n) is 6.79. The van der Waals surface area contributed by atoms with Gasteiger partial charge in [-0.15, -0.1) is 17.9 Å². The van der Waals surface area contributed by atoms with Gasteiger partial charge < -0.3 is 25.0 Å². The van der Waals surface area contributed by atoms with E-state index in [-0.39, 0.29) is 31.1 Å². The Labute approximate surface area is 326 Å². The number of carbonyl (C=O) groups is 5. The number of carbonyl (C=O) groups excluding carboxylic acids is 5. The van der Waals surface area contributed by atoms with E-state index in [0.717, 1.165) is 24.8 Å². The van der Waals surface area contributed by atoms with Crippen LogP contribution in [0, 0.1) is 24.2 Å². The largest absolute Gasteiger partial charge is 0.444 e. The molecule has 4 N–H and O–H groups in total. The Morgan fingerprint density at radius 2 is 1.82 bits per heavy atom. The zero-order valence-electron chi connectivity index (χ0n) is 32.4. The Balaban J connectivity index is 1.39. The van der Waals surface area contributed by atoms with Gasteiger partial charge in [-0.05, 0) is 76.0 Å². The number of sulfonamides is 1. The molecule has 2 saturated carbocycles. The van der Waals surface area contributed by atoms with Crippen molar-refractivity contribution in [2.75, 3.05) is 17.6 Å². The van der Waals surface area contributed by atoms with Crippen LogP contribution in [0.2, 0.25) is 0 Å². The monoisotopic (exact) mass is 800 g/mol. The standard InChI is InChI=1S/C38H52N6O9S2/c1-9-24-19-38(24,33(47)43-55(50,51)21-23-11-10-12-23)42-30(45)28-18-25(20-44(28)32(46)29(36(3,4)5)41-35(49)53-37(6,7)8)52-34(48)40-27-17-22(2)13-14-26(27)31-39-15-16-54-31/h9,13-17,23-25,28-29H,1,10-12,18-21H2,2-8H3,(H,40,48)(H,41,49)(H,42,45)(H,43,47)/t24?,25-,28+,29-,38-/m1/s1. The summed E-state index contributed by atoms with van der Waals surface area (Å²) in [7, 11) is -3.98. The zero-order chi connectivity index (χ0) is 40.5. The average molecular weight is 801 g/mol. The molecule has 5 atom stereocenters. The van der Waals surface area contributed by atoms with Crippen LogP contribution >= 0.6 is 11.3 Å². The second-order valence-corrected chi connectivity index (χ2v) is 19.4. The third kappa shape index (κ3) is 10.2. The van der Waals surface area contributed by atoms with E-state index in [0.29, 0.717) is 16.3 Å². The van der Waals surface area contributed by atoms with Crippen molar-refractivity contribution in [1.29, 1.82) is 0 Å². The molecule has 1 unspecified atom stereocenters. The van der Waals surface area contributed by atoms with Crippen molar-refractivity contribution >= 4 is 57.0 Å². The van der Waals surface area contributed by atoms with E-state index >= 15 is 0 Å². The van der Waals surface area contributed by atoms with Gasteiger partial charge in [0.15, 0.2) is 0 Å². The van der Waals surface area contributed by atoms with Gasteiger partial charge >= 0.3 is 12.2 Å². The number of benzene rings is 1. The minimum Gasteiger partial charge on any atom is -0.444 e. The Morgan fingerprint density at radius 1 is 1.11 bits per heavy atom. The number of likely N-dealkylation sites (tertiary alicyclic amines) is 1. The van der Waals surface area contributed by atoms with Gasteiger partial charge in [0.25, 0.3) is 5.91 Å². The van der Waals surface area contributed by atoms with Crippen LogP contribution < -0.4 is 20.7 Å². The highest BCUT2D eigenvalue weighted by atomic mass is 32.2. The Kier molecular flexibility index (Phi) is 12.1. The summed E-state index contributed by atoms with van der Waals surface area (Å²) in [5, 5.41) is 10.7. The Bertz CT molecular complexity index is 1920. The van der Waals surface area contributed by atoms with Crippen molar-refractivity contribution in [3.8, 4) is 10.6 Å². The normalized spacial score (nSPS) is 23.1. The summed E-state index contributed by atoms with van der Waals surface area (Å²) >= 11 is 1.40. The molecule has 1 aliphatic heterocycles. The third-order valence-corrected chi connectivity index (χ3v) is 12.2. The number of nitrogens with zero attached hydrogens (tertiary/aromatic N) is 2. The van der Waals surface area contributed by atoms with Crippen LogP contribution in [0.15, 0.2) is 42.4 Å². The summed E-state index contributed by atoms with van der Waals surface area (Å²) < 4.78 is 39.2. The van der Waals surface area contributed by atoms with Gasteiger partial charge in [-0.1, -0.05) is 39.3 Å². The molecule has 2 heterocycles. The van der Waals surface area contributed by atoms with E-state index in [9.17, 15) is 32.4 Å². The summed E-state index contributed by atoms with van der Waals surface area (Å²) in [6.07, 6.45) is 2.85. The summed E-state index contributed by atoms with van der Waals surface area (Å²) in [6.45, 7) is 15.7. The first kappa shape index (κ1) is 41.6. The van der Waals surface area contributed by atoms with Crippen molar-refractivity contribution < 1.29 is 41.9 Å². The highest BCUT2D eigenvalue weighted by molar-refractivity contribution is 7.90. The molecular formula is C38H52N6O9S2. The van der Waals surface area contributed by atoms with Gasteiger partial charge in [-0.25, -0.2) is 23.0 Å². The molecule has 1 saturated heterocycles. The molecule has 3 aliphatic rings. The van der Waals surface area contributed by atoms with E-state index in [1.54, 1.807) is 53.8 Å². The van der Waals surface area contributed by atoms with E-state index in [1.165, 1.54) is 22.3 Å². The van der Waals surface area contributed by atoms with Gasteiger partial charge in [0.1, 0.15) is 34.3 Å². The van der Waals surface area contributed by atoms with E-state index < -0.39 is 80.6 Å². The molecule has 2 aromatic rings. The zero-order valence-corrected chi connectivity index (χ0v) is 34.0. The molecule has 2 aliphatic carbocycles. The van der Waals surface area contributed by atoms with E-state index in [2.05, 4.69) is 32.2 Å². The highest BCUT2D eigenvalue weighted by Crippen LogP contribution is 2.45. The molecule has 5 amide bonds. The fraction of sp³-hybridized carbons (Fsp3) is 0.579. The topological polar surface area (TPSA) is 202 Å². The maximum atomic E-state index is 14.4. The molecule has 0 radical (unpaired) electrons. The maximum absolute atomic E-state index is 14.4. The lowest BCUT2D eigenvalue weighted by Gasteiger charge is -2.36. The van der Waals surface area contributed by atoms with Gasteiger partial charge in [0.05, 0.1) is 18.0 Å². The Hall–Kier alpha value is -4.51. The third-order valence-electron chi connectivity index (χ3n) is 9.95. The average Bonchev–Trinajstić information content (AvgIpc) is 3.33. The van der Waals surface area contributed by atoms with E-state index in [1.807, 2.05) is 24.4 Å². The van der Waals surface area contributed by atoms with Gasteiger partial charge in [0, 0.05) is 29.5 Å². The molecule has 17 heteroatoms. The molecule has 3 fully saturated rings. The predicted molar refractivity (Wildman–Crippen MR) is 207 cm³/mol. The van der Waals surface area contributed by atoms with Crippen molar-refractivity contribution in [1.82, 2.24) is 25.2 Å². The van der Waals surface area contributed by atoms with Crippen LogP contribution in [0.25, 0.3) is 10.6 Å².